The zero-order valence-electron chi connectivity index (χ0n) is 14.8. The van der Waals surface area contributed by atoms with Crippen molar-refractivity contribution in [1.29, 1.82) is 0 Å². The number of aromatic nitrogens is 2. The minimum atomic E-state index is -0.361. The van der Waals surface area contributed by atoms with Crippen LogP contribution in [0.5, 0.6) is 5.75 Å². The van der Waals surface area contributed by atoms with Gasteiger partial charge >= 0.3 is 6.03 Å². The molecule has 1 atom stereocenters. The van der Waals surface area contributed by atoms with Gasteiger partial charge in [-0.15, -0.1) is 0 Å². The number of hydrogen-bond acceptors (Lipinski definition) is 4. The molecule has 0 bridgehead atoms. The van der Waals surface area contributed by atoms with E-state index in [1.807, 2.05) is 13.8 Å². The molecule has 0 radical (unpaired) electrons. The fourth-order valence-electron chi connectivity index (χ4n) is 2.37. The van der Waals surface area contributed by atoms with Crippen molar-refractivity contribution in [1.82, 2.24) is 15.3 Å². The quantitative estimate of drug-likeness (QED) is 0.645. The average Bonchev–Trinajstić information content (AvgIpc) is 2.98. The highest BCUT2D eigenvalue weighted by Crippen LogP contribution is 2.27. The van der Waals surface area contributed by atoms with Crippen molar-refractivity contribution >= 4 is 23.3 Å². The maximum absolute atomic E-state index is 12.3. The number of aromatic amines is 1. The first kappa shape index (κ1) is 18.3. The van der Waals surface area contributed by atoms with E-state index in [1.54, 1.807) is 24.4 Å². The normalized spacial score (nSPS) is 11.5. The van der Waals surface area contributed by atoms with Gasteiger partial charge < -0.3 is 25.7 Å². The number of carbonyl (C=O) groups is 2. The van der Waals surface area contributed by atoms with E-state index < -0.39 is 0 Å². The number of imidazole rings is 1. The SMILES string of the molecule is CCC(NC(=O)Nc1ccc(OC)c(NC(C)=O)c1)c1ncc(C)[nH]1. The van der Waals surface area contributed by atoms with Crippen molar-refractivity contribution in [2.24, 2.45) is 0 Å². The summed E-state index contributed by atoms with van der Waals surface area (Å²) in [5, 5.41) is 8.29. The van der Waals surface area contributed by atoms with E-state index in [0.29, 0.717) is 29.4 Å². The van der Waals surface area contributed by atoms with Gasteiger partial charge in [0, 0.05) is 24.5 Å². The van der Waals surface area contributed by atoms with Gasteiger partial charge in [-0.05, 0) is 31.5 Å². The molecule has 1 aromatic carbocycles. The molecule has 2 aromatic rings. The molecule has 0 saturated carbocycles. The maximum atomic E-state index is 12.3. The van der Waals surface area contributed by atoms with Crippen LogP contribution in [0.25, 0.3) is 0 Å². The van der Waals surface area contributed by atoms with E-state index in [9.17, 15) is 9.59 Å². The molecule has 8 nitrogen and oxygen atoms in total. The van der Waals surface area contributed by atoms with E-state index >= 15 is 0 Å². The zero-order valence-corrected chi connectivity index (χ0v) is 14.8. The highest BCUT2D eigenvalue weighted by atomic mass is 16.5. The molecule has 0 aliphatic rings. The number of aryl methyl sites for hydroxylation is 1. The van der Waals surface area contributed by atoms with E-state index in [2.05, 4.69) is 25.9 Å². The zero-order chi connectivity index (χ0) is 18.4. The van der Waals surface area contributed by atoms with Gasteiger partial charge in [0.2, 0.25) is 5.91 Å². The van der Waals surface area contributed by atoms with Gasteiger partial charge in [0.05, 0.1) is 18.8 Å². The third kappa shape index (κ3) is 4.97. The number of methoxy groups -OCH3 is 1. The van der Waals surface area contributed by atoms with Crippen LogP contribution in [0.15, 0.2) is 24.4 Å². The highest BCUT2D eigenvalue weighted by molar-refractivity contribution is 5.94. The van der Waals surface area contributed by atoms with Crippen molar-refractivity contribution in [2.75, 3.05) is 17.7 Å². The Morgan fingerprint density at radius 1 is 1.32 bits per heavy atom. The van der Waals surface area contributed by atoms with E-state index in [4.69, 9.17) is 4.74 Å². The maximum Gasteiger partial charge on any atom is 0.319 e. The van der Waals surface area contributed by atoms with Crippen LogP contribution in [0, 0.1) is 6.92 Å². The first-order valence-corrected chi connectivity index (χ1v) is 7.97. The number of nitrogens with zero attached hydrogens (tertiary/aromatic N) is 1. The van der Waals surface area contributed by atoms with Gasteiger partial charge in [-0.1, -0.05) is 6.92 Å². The lowest BCUT2D eigenvalue weighted by Crippen LogP contribution is -2.32. The van der Waals surface area contributed by atoms with Crippen LogP contribution >= 0.6 is 0 Å². The number of anilines is 2. The fraction of sp³-hybridized carbons (Fsp3) is 0.353. The number of hydrogen-bond donors (Lipinski definition) is 4. The van der Waals surface area contributed by atoms with Crippen molar-refractivity contribution in [3.8, 4) is 5.75 Å². The topological polar surface area (TPSA) is 108 Å². The lowest BCUT2D eigenvalue weighted by molar-refractivity contribution is -0.114. The van der Waals surface area contributed by atoms with Crippen LogP contribution < -0.4 is 20.7 Å². The molecular formula is C17H23N5O3. The second-order valence-corrected chi connectivity index (χ2v) is 5.61. The van der Waals surface area contributed by atoms with Crippen molar-refractivity contribution in [2.45, 2.75) is 33.2 Å². The Bertz CT molecular complexity index is 756. The Labute approximate surface area is 146 Å². The molecule has 25 heavy (non-hydrogen) atoms. The summed E-state index contributed by atoms with van der Waals surface area (Å²) in [5.74, 6) is 1.00. The minimum absolute atomic E-state index is 0.221. The summed E-state index contributed by atoms with van der Waals surface area (Å²) >= 11 is 0. The van der Waals surface area contributed by atoms with Gasteiger partial charge in [-0.25, -0.2) is 9.78 Å². The molecular weight excluding hydrogens is 322 g/mol. The lowest BCUT2D eigenvalue weighted by Gasteiger charge is -2.16. The molecule has 0 spiro atoms. The molecule has 0 aliphatic heterocycles. The smallest absolute Gasteiger partial charge is 0.319 e. The van der Waals surface area contributed by atoms with Crippen LogP contribution in [0.2, 0.25) is 0 Å². The molecule has 8 heteroatoms. The van der Waals surface area contributed by atoms with Crippen LogP contribution in [0.3, 0.4) is 0 Å². The molecule has 3 amide bonds. The molecule has 4 N–H and O–H groups in total. The summed E-state index contributed by atoms with van der Waals surface area (Å²) in [6, 6.07) is 4.43. The molecule has 0 aliphatic carbocycles. The number of benzene rings is 1. The van der Waals surface area contributed by atoms with Gasteiger partial charge in [0.25, 0.3) is 0 Å². The first-order valence-electron chi connectivity index (χ1n) is 7.97. The van der Waals surface area contributed by atoms with Crippen LogP contribution in [-0.2, 0) is 4.79 Å². The van der Waals surface area contributed by atoms with Gasteiger partial charge in [-0.2, -0.15) is 0 Å². The largest absolute Gasteiger partial charge is 0.495 e. The van der Waals surface area contributed by atoms with Gasteiger partial charge in [0.15, 0.2) is 0 Å². The Hall–Kier alpha value is -3.03. The molecule has 1 aromatic heterocycles. The Morgan fingerprint density at radius 2 is 2.08 bits per heavy atom. The summed E-state index contributed by atoms with van der Waals surface area (Å²) in [4.78, 5) is 30.9. The second-order valence-electron chi connectivity index (χ2n) is 5.61. The van der Waals surface area contributed by atoms with Crippen LogP contribution in [0.1, 0.15) is 37.8 Å². The monoisotopic (exact) mass is 345 g/mol. The average molecular weight is 345 g/mol. The van der Waals surface area contributed by atoms with Crippen LogP contribution in [-0.4, -0.2) is 29.0 Å². The standard InChI is InChI=1S/C17H23N5O3/c1-5-13(16-18-9-10(2)19-16)22-17(24)21-12-6-7-15(25-4)14(8-12)20-11(3)23/h6-9,13H,5H2,1-4H3,(H,18,19)(H,20,23)(H2,21,22,24). The molecule has 1 heterocycles. The predicted molar refractivity (Wildman–Crippen MR) is 95.8 cm³/mol. The summed E-state index contributed by atoms with van der Waals surface area (Å²) in [5.41, 5.74) is 1.96. The number of nitrogens with one attached hydrogen (secondary N) is 4. The summed E-state index contributed by atoms with van der Waals surface area (Å²) in [6.07, 6.45) is 2.42. The summed E-state index contributed by atoms with van der Waals surface area (Å²) in [7, 11) is 1.51. The van der Waals surface area contributed by atoms with E-state index in [1.165, 1.54) is 14.0 Å². The predicted octanol–water partition coefficient (Wildman–Crippen LogP) is 2.96. The first-order chi connectivity index (χ1) is 11.9. The van der Waals surface area contributed by atoms with Gasteiger partial charge in [-0.3, -0.25) is 4.79 Å². The Kier molecular flexibility index (Phi) is 5.99. The molecule has 0 fully saturated rings. The summed E-state index contributed by atoms with van der Waals surface area (Å²) in [6.45, 7) is 5.28. The highest BCUT2D eigenvalue weighted by Gasteiger charge is 2.16. The fourth-order valence-corrected chi connectivity index (χ4v) is 2.37. The third-order valence-corrected chi connectivity index (χ3v) is 3.53. The Morgan fingerprint density at radius 3 is 2.64 bits per heavy atom. The van der Waals surface area contributed by atoms with Crippen molar-refractivity contribution in [3.05, 3.63) is 35.9 Å². The number of H-pyrrole nitrogens is 1. The van der Waals surface area contributed by atoms with Crippen LogP contribution in [0.4, 0.5) is 16.2 Å². The number of rotatable bonds is 6. The second kappa shape index (κ2) is 8.18. The number of ether oxygens (including phenoxy) is 1. The van der Waals surface area contributed by atoms with Crippen molar-refractivity contribution < 1.29 is 14.3 Å². The molecule has 134 valence electrons. The van der Waals surface area contributed by atoms with Crippen molar-refractivity contribution in [3.63, 3.8) is 0 Å². The molecule has 2 rings (SSSR count). The lowest BCUT2D eigenvalue weighted by atomic mass is 10.2. The van der Waals surface area contributed by atoms with E-state index in [0.717, 1.165) is 5.69 Å². The number of urea groups is 1. The van der Waals surface area contributed by atoms with Gasteiger partial charge in [0.1, 0.15) is 11.6 Å². The van der Waals surface area contributed by atoms with E-state index in [-0.39, 0.29) is 18.0 Å². The summed E-state index contributed by atoms with van der Waals surface area (Å²) < 4.78 is 5.19. The molecule has 1 unspecified atom stereocenters. The Balaban J connectivity index is 2.07. The number of carbonyl (C=O) groups excluding carboxylic acids is 2. The molecule has 0 saturated heterocycles. The third-order valence-electron chi connectivity index (χ3n) is 3.53. The minimum Gasteiger partial charge on any atom is -0.495 e. The number of amides is 3.